The van der Waals surface area contributed by atoms with Crippen LogP contribution in [0.3, 0.4) is 0 Å². The van der Waals surface area contributed by atoms with Gasteiger partial charge in [-0.2, -0.15) is 0 Å². The Hall–Kier alpha value is -0.870. The SMILES string of the molecule is C=C(C)COCCNC(=O)C(C)(C)CN. The summed E-state index contributed by atoms with van der Waals surface area (Å²) in [5.74, 6) is -0.0380. The second-order valence-electron chi connectivity index (χ2n) is 4.35. The Morgan fingerprint density at radius 2 is 2.13 bits per heavy atom. The lowest BCUT2D eigenvalue weighted by Crippen LogP contribution is -2.42. The lowest BCUT2D eigenvalue weighted by molar-refractivity contribution is -0.129. The molecule has 0 aliphatic carbocycles. The molecule has 4 nitrogen and oxygen atoms in total. The maximum Gasteiger partial charge on any atom is 0.227 e. The zero-order valence-corrected chi connectivity index (χ0v) is 9.93. The Bertz CT molecular complexity index is 225. The van der Waals surface area contributed by atoms with Crippen LogP contribution in [-0.4, -0.2) is 32.2 Å². The molecule has 0 aliphatic heterocycles. The van der Waals surface area contributed by atoms with E-state index in [1.54, 1.807) is 0 Å². The topological polar surface area (TPSA) is 64.3 Å². The number of amides is 1. The van der Waals surface area contributed by atoms with Crippen molar-refractivity contribution in [1.82, 2.24) is 5.32 Å². The molecule has 4 heteroatoms. The smallest absolute Gasteiger partial charge is 0.227 e. The Balaban J connectivity index is 3.60. The van der Waals surface area contributed by atoms with Gasteiger partial charge in [0.15, 0.2) is 0 Å². The molecule has 1 amide bonds. The summed E-state index contributed by atoms with van der Waals surface area (Å²) >= 11 is 0. The molecule has 0 atom stereocenters. The molecule has 0 saturated heterocycles. The maximum absolute atomic E-state index is 11.5. The van der Waals surface area contributed by atoms with Crippen LogP contribution in [0.25, 0.3) is 0 Å². The van der Waals surface area contributed by atoms with E-state index in [2.05, 4.69) is 11.9 Å². The molecule has 0 aromatic heterocycles. The fraction of sp³-hybridized carbons (Fsp3) is 0.727. The standard InChI is InChI=1S/C11H22N2O2/c1-9(2)7-15-6-5-13-10(14)11(3,4)8-12/h1,5-8,12H2,2-4H3,(H,13,14). The second kappa shape index (κ2) is 6.58. The normalized spacial score (nSPS) is 11.2. The molecule has 0 fully saturated rings. The maximum atomic E-state index is 11.5. The first-order chi connectivity index (χ1) is 6.90. The number of carbonyl (C=O) groups excluding carboxylic acids is 1. The van der Waals surface area contributed by atoms with Crippen molar-refractivity contribution in [1.29, 1.82) is 0 Å². The number of hydrogen-bond donors (Lipinski definition) is 2. The molecule has 0 rings (SSSR count). The van der Waals surface area contributed by atoms with Gasteiger partial charge in [-0.25, -0.2) is 0 Å². The molecule has 0 saturated carbocycles. The van der Waals surface area contributed by atoms with Crippen LogP contribution in [0, 0.1) is 5.41 Å². The number of nitrogens with one attached hydrogen (secondary N) is 1. The average molecular weight is 214 g/mol. The van der Waals surface area contributed by atoms with Gasteiger partial charge in [-0.15, -0.1) is 0 Å². The molecule has 0 spiro atoms. The second-order valence-corrected chi connectivity index (χ2v) is 4.35. The lowest BCUT2D eigenvalue weighted by atomic mass is 9.93. The highest BCUT2D eigenvalue weighted by atomic mass is 16.5. The van der Waals surface area contributed by atoms with Gasteiger partial charge in [0.1, 0.15) is 0 Å². The van der Waals surface area contributed by atoms with Gasteiger partial charge in [-0.3, -0.25) is 4.79 Å². The molecule has 0 unspecified atom stereocenters. The van der Waals surface area contributed by atoms with E-state index in [9.17, 15) is 4.79 Å². The van der Waals surface area contributed by atoms with Crippen molar-refractivity contribution in [3.63, 3.8) is 0 Å². The Labute approximate surface area is 91.9 Å². The summed E-state index contributed by atoms with van der Waals surface area (Å²) < 4.78 is 5.25. The third-order valence-corrected chi connectivity index (χ3v) is 2.01. The van der Waals surface area contributed by atoms with E-state index in [1.165, 1.54) is 0 Å². The molecule has 0 aromatic rings. The monoisotopic (exact) mass is 214 g/mol. The third-order valence-electron chi connectivity index (χ3n) is 2.01. The van der Waals surface area contributed by atoms with Crippen molar-refractivity contribution in [2.75, 3.05) is 26.3 Å². The lowest BCUT2D eigenvalue weighted by Gasteiger charge is -2.21. The van der Waals surface area contributed by atoms with Crippen molar-refractivity contribution in [2.24, 2.45) is 11.1 Å². The zero-order valence-electron chi connectivity index (χ0n) is 9.93. The van der Waals surface area contributed by atoms with Crippen LogP contribution in [0.15, 0.2) is 12.2 Å². The van der Waals surface area contributed by atoms with Crippen LogP contribution in [-0.2, 0) is 9.53 Å². The van der Waals surface area contributed by atoms with E-state index in [1.807, 2.05) is 20.8 Å². The van der Waals surface area contributed by atoms with Crippen LogP contribution >= 0.6 is 0 Å². The summed E-state index contributed by atoms with van der Waals surface area (Å²) in [5.41, 5.74) is 5.94. The van der Waals surface area contributed by atoms with Crippen molar-refractivity contribution in [2.45, 2.75) is 20.8 Å². The fourth-order valence-electron chi connectivity index (χ4n) is 0.815. The number of hydrogen-bond acceptors (Lipinski definition) is 3. The third kappa shape index (κ3) is 6.25. The number of ether oxygens (including phenoxy) is 1. The van der Waals surface area contributed by atoms with Gasteiger partial charge in [-0.1, -0.05) is 12.2 Å². The van der Waals surface area contributed by atoms with Gasteiger partial charge in [0.25, 0.3) is 0 Å². The molecule has 15 heavy (non-hydrogen) atoms. The first kappa shape index (κ1) is 14.1. The van der Waals surface area contributed by atoms with E-state index in [0.717, 1.165) is 5.57 Å². The number of nitrogens with two attached hydrogens (primary N) is 1. The average Bonchev–Trinajstić information content (AvgIpc) is 2.16. The molecule has 88 valence electrons. The van der Waals surface area contributed by atoms with Gasteiger partial charge >= 0.3 is 0 Å². The molecular formula is C11H22N2O2. The number of rotatable bonds is 7. The van der Waals surface area contributed by atoms with Crippen LogP contribution in [0.1, 0.15) is 20.8 Å². The van der Waals surface area contributed by atoms with Crippen molar-refractivity contribution < 1.29 is 9.53 Å². The highest BCUT2D eigenvalue weighted by Crippen LogP contribution is 2.11. The predicted molar refractivity (Wildman–Crippen MR) is 61.5 cm³/mol. The molecule has 0 radical (unpaired) electrons. The largest absolute Gasteiger partial charge is 0.375 e. The van der Waals surface area contributed by atoms with Gasteiger partial charge in [0.2, 0.25) is 5.91 Å². The molecular weight excluding hydrogens is 192 g/mol. The van der Waals surface area contributed by atoms with Gasteiger partial charge in [0, 0.05) is 13.1 Å². The Morgan fingerprint density at radius 3 is 2.60 bits per heavy atom. The van der Waals surface area contributed by atoms with E-state index in [4.69, 9.17) is 10.5 Å². The summed E-state index contributed by atoms with van der Waals surface area (Å²) in [7, 11) is 0. The first-order valence-electron chi connectivity index (χ1n) is 5.10. The number of carbonyl (C=O) groups is 1. The quantitative estimate of drug-likeness (QED) is 0.484. The van der Waals surface area contributed by atoms with Crippen LogP contribution in [0.5, 0.6) is 0 Å². The fourth-order valence-corrected chi connectivity index (χ4v) is 0.815. The summed E-state index contributed by atoms with van der Waals surface area (Å²) in [4.78, 5) is 11.5. The highest BCUT2D eigenvalue weighted by molar-refractivity contribution is 5.81. The van der Waals surface area contributed by atoms with Gasteiger partial charge in [-0.05, 0) is 20.8 Å². The van der Waals surface area contributed by atoms with Crippen LogP contribution in [0.2, 0.25) is 0 Å². The van der Waals surface area contributed by atoms with E-state index >= 15 is 0 Å². The van der Waals surface area contributed by atoms with Gasteiger partial charge in [0.05, 0.1) is 18.6 Å². The highest BCUT2D eigenvalue weighted by Gasteiger charge is 2.24. The van der Waals surface area contributed by atoms with Gasteiger partial charge < -0.3 is 15.8 Å². The van der Waals surface area contributed by atoms with E-state index < -0.39 is 5.41 Å². The Morgan fingerprint density at radius 1 is 1.53 bits per heavy atom. The molecule has 3 N–H and O–H groups in total. The minimum atomic E-state index is -0.506. The Kier molecular flexibility index (Phi) is 6.20. The van der Waals surface area contributed by atoms with Crippen molar-refractivity contribution in [3.8, 4) is 0 Å². The van der Waals surface area contributed by atoms with Crippen molar-refractivity contribution in [3.05, 3.63) is 12.2 Å². The zero-order chi connectivity index (χ0) is 11.9. The minimum absolute atomic E-state index is 0.0380. The van der Waals surface area contributed by atoms with E-state index in [-0.39, 0.29) is 5.91 Å². The summed E-state index contributed by atoms with van der Waals surface area (Å²) in [5, 5.41) is 2.77. The first-order valence-corrected chi connectivity index (χ1v) is 5.10. The predicted octanol–water partition coefficient (Wildman–Crippen LogP) is 0.680. The molecule has 0 heterocycles. The summed E-state index contributed by atoms with van der Waals surface area (Å²) in [6.45, 7) is 11.1. The van der Waals surface area contributed by atoms with Crippen molar-refractivity contribution >= 4 is 5.91 Å². The molecule has 0 aliphatic rings. The minimum Gasteiger partial charge on any atom is -0.375 e. The van der Waals surface area contributed by atoms with Crippen LogP contribution in [0.4, 0.5) is 0 Å². The van der Waals surface area contributed by atoms with E-state index in [0.29, 0.717) is 26.3 Å². The molecule has 0 aromatic carbocycles. The summed E-state index contributed by atoms with van der Waals surface area (Å²) in [6, 6.07) is 0. The summed E-state index contributed by atoms with van der Waals surface area (Å²) in [6.07, 6.45) is 0. The van der Waals surface area contributed by atoms with Crippen LogP contribution < -0.4 is 11.1 Å². The molecule has 0 bridgehead atoms.